The maximum Gasteiger partial charge on any atom is 0.490 e. The Morgan fingerprint density at radius 3 is 2.62 bits per heavy atom. The van der Waals surface area contributed by atoms with E-state index in [2.05, 4.69) is 66.4 Å². The van der Waals surface area contributed by atoms with Gasteiger partial charge in [0.05, 0.1) is 36.9 Å². The predicted octanol–water partition coefficient (Wildman–Crippen LogP) is 3.07. The van der Waals surface area contributed by atoms with Crippen LogP contribution >= 0.6 is 35.2 Å². The monoisotopic (exact) mass is 1190 g/mol. The molecule has 5 heterocycles. The Morgan fingerprint density at radius 1 is 1.05 bits per heavy atom. The second-order valence-corrected chi connectivity index (χ2v) is 23.1. The van der Waals surface area contributed by atoms with Crippen LogP contribution in [0.2, 0.25) is 0 Å². The summed E-state index contributed by atoms with van der Waals surface area (Å²) in [6, 6.07) is 6.53. The summed E-state index contributed by atoms with van der Waals surface area (Å²) in [5, 5.41) is 15.8. The van der Waals surface area contributed by atoms with Crippen LogP contribution in [-0.4, -0.2) is 146 Å². The quantitative estimate of drug-likeness (QED) is 0.0108. The normalized spacial score (nSPS) is 21.5. The second kappa shape index (κ2) is 29.5. The van der Waals surface area contributed by atoms with E-state index in [1.807, 2.05) is 11.8 Å². The van der Waals surface area contributed by atoms with Gasteiger partial charge in [-0.2, -0.15) is 25.4 Å². The van der Waals surface area contributed by atoms with Crippen LogP contribution in [0.4, 0.5) is 5.95 Å². The van der Waals surface area contributed by atoms with Gasteiger partial charge >= 0.3 is 23.5 Å². The first-order valence-corrected chi connectivity index (χ1v) is 29.6. The molecule has 0 saturated carbocycles. The van der Waals surface area contributed by atoms with E-state index in [4.69, 9.17) is 54.8 Å². The number of carbonyl (C=O) groups is 4. The van der Waals surface area contributed by atoms with E-state index < -0.39 is 72.9 Å². The standard InChI is InChI=1S/C42H56N13O20P3S/c43-42-50-39-38(41(60)51-42)26(19-55(39)37-18-31(71-24-48-53-44)32(73-37)21-72-77(64,65)75-78(66,67)74-76(61,62)63)6-1-2-8-27(56)20-68-14-15-69-36(52-54-45)22-70-28-9-5-7-25(16-28)40(59)47-13-12-46-34(57)11-4-3-10-33-29-17-35(58)49-30(29)23-79-33/h5,7,9,16,19,29-33,36-37H,2-4,8,10-15,17-18,20-24H2,(H,46,57)(H,47,59)(H,49,58)(H,64,65)(H,66,67)(H2,61,62,63)(H3,43,50,51,60)/t29-,30-,31?,32-,33-,36?,37-/m1/s1. The molecule has 430 valence electrons. The van der Waals surface area contributed by atoms with E-state index in [-0.39, 0.29) is 116 Å². The molecule has 33 nitrogen and oxygen atoms in total. The topological polar surface area (TPSA) is 485 Å². The van der Waals surface area contributed by atoms with E-state index in [1.165, 1.54) is 16.8 Å². The van der Waals surface area contributed by atoms with Crippen molar-refractivity contribution in [2.24, 2.45) is 16.1 Å². The minimum Gasteiger partial charge on any atom is -0.491 e. The molecule has 3 aliphatic rings. The van der Waals surface area contributed by atoms with Gasteiger partial charge in [-0.3, -0.25) is 33.5 Å². The van der Waals surface area contributed by atoms with E-state index in [0.717, 1.165) is 25.0 Å². The molecule has 1 aromatic carbocycles. The van der Waals surface area contributed by atoms with E-state index in [0.29, 0.717) is 24.0 Å². The van der Waals surface area contributed by atoms with Crippen LogP contribution in [-0.2, 0) is 60.2 Å². The number of benzene rings is 1. The number of hydrogen-bond donors (Lipinski definition) is 9. The van der Waals surface area contributed by atoms with Crippen molar-refractivity contribution in [3.8, 4) is 17.6 Å². The number of phosphoric ester groups is 1. The molecule has 79 heavy (non-hydrogen) atoms. The van der Waals surface area contributed by atoms with Gasteiger partial charge in [-0.15, -0.1) is 0 Å². The fourth-order valence-corrected chi connectivity index (χ4v) is 13.1. The second-order valence-electron chi connectivity index (χ2n) is 17.4. The Labute approximate surface area is 452 Å². The number of aromatic nitrogens is 3. The Morgan fingerprint density at radius 2 is 1.85 bits per heavy atom. The number of amides is 3. The van der Waals surface area contributed by atoms with Crippen LogP contribution in [0.3, 0.4) is 0 Å². The number of rotatable bonds is 32. The van der Waals surface area contributed by atoms with E-state index in [9.17, 15) is 47.5 Å². The van der Waals surface area contributed by atoms with Gasteiger partial charge < -0.3 is 69.5 Å². The van der Waals surface area contributed by atoms with Crippen LogP contribution < -0.4 is 32.0 Å². The summed E-state index contributed by atoms with van der Waals surface area (Å²) < 4.78 is 76.9. The lowest BCUT2D eigenvalue weighted by molar-refractivity contribution is -0.124. The first kappa shape index (κ1) is 62.3. The lowest BCUT2D eigenvalue weighted by Crippen LogP contribution is -2.34. The zero-order valence-corrected chi connectivity index (χ0v) is 45.2. The van der Waals surface area contributed by atoms with Crippen LogP contribution in [0.25, 0.3) is 31.9 Å². The fourth-order valence-electron chi connectivity index (χ4n) is 8.37. The Hall–Kier alpha value is -5.90. The van der Waals surface area contributed by atoms with Crippen LogP contribution in [0, 0.1) is 17.8 Å². The number of Topliss-reactive ketones (excluding diaryl/α,β-unsaturated/α-hetero) is 1. The number of nitrogens with two attached hydrogens (primary N) is 1. The molecule has 0 spiro atoms. The highest BCUT2D eigenvalue weighted by Gasteiger charge is 2.45. The van der Waals surface area contributed by atoms with Crippen LogP contribution in [0.5, 0.6) is 5.75 Å². The number of nitrogens with one attached hydrogen (secondary N) is 4. The third kappa shape index (κ3) is 20.0. The first-order valence-electron chi connectivity index (χ1n) is 24.0. The summed E-state index contributed by atoms with van der Waals surface area (Å²) in [4.78, 5) is 112. The largest absolute Gasteiger partial charge is 0.491 e. The summed E-state index contributed by atoms with van der Waals surface area (Å²) in [7, 11) is -17.1. The van der Waals surface area contributed by atoms with Crippen molar-refractivity contribution in [1.29, 1.82) is 0 Å². The van der Waals surface area contributed by atoms with Gasteiger partial charge in [0, 0.05) is 89.7 Å². The number of anilines is 1. The van der Waals surface area contributed by atoms with E-state index >= 15 is 0 Å². The molecule has 3 aliphatic heterocycles. The molecule has 3 amide bonds. The van der Waals surface area contributed by atoms with Gasteiger partial charge in [-0.1, -0.05) is 34.6 Å². The SMILES string of the molecule is [N-]=[N+]=NCOC1C[C@H](n2cc(C#CCCC(=O)COCCOC(COc3cccc(C(=O)NCCNC(=O)CCCC[C@H]4SC[C@H]5NC(=O)C[C@H]54)c3)N=[N+]=[N-])c3c(=O)[nH]c(N)nc32)O[C@@H]1COP(=O)(O)OP(=O)(O)OP(=O)(O)O. The zero-order valence-electron chi connectivity index (χ0n) is 41.7. The highest BCUT2D eigenvalue weighted by atomic mass is 32.2. The summed E-state index contributed by atoms with van der Waals surface area (Å²) in [5.74, 6) is 6.19. The van der Waals surface area contributed by atoms with Gasteiger partial charge in [0.2, 0.25) is 17.8 Å². The number of azide groups is 2. The van der Waals surface area contributed by atoms with Crippen molar-refractivity contribution >= 4 is 75.7 Å². The van der Waals surface area contributed by atoms with Crippen molar-refractivity contribution in [3.05, 3.63) is 72.8 Å². The van der Waals surface area contributed by atoms with Crippen molar-refractivity contribution in [2.45, 2.75) is 87.3 Å². The predicted molar refractivity (Wildman–Crippen MR) is 275 cm³/mol. The van der Waals surface area contributed by atoms with Gasteiger partial charge in [0.1, 0.15) is 38.0 Å². The maximum absolute atomic E-state index is 13.1. The fraction of sp³-hybridized carbons (Fsp3) is 0.571. The van der Waals surface area contributed by atoms with E-state index in [1.54, 1.807) is 18.2 Å². The van der Waals surface area contributed by atoms with Crippen LogP contribution in [0.1, 0.15) is 73.5 Å². The molecule has 37 heteroatoms. The number of aromatic amines is 1. The van der Waals surface area contributed by atoms with Crippen molar-refractivity contribution in [2.75, 3.05) is 64.3 Å². The third-order valence-corrected chi connectivity index (χ3v) is 17.1. The minimum absolute atomic E-state index is 0.00707. The Kier molecular flexibility index (Phi) is 23.3. The van der Waals surface area contributed by atoms with Crippen molar-refractivity contribution in [3.63, 3.8) is 0 Å². The lowest BCUT2D eigenvalue weighted by atomic mass is 9.94. The number of nitrogen functional groups attached to an aromatic ring is 1. The number of nitrogens with zero attached hydrogens (tertiary/aromatic N) is 8. The number of H-pyrrole nitrogens is 1. The molecule has 3 saturated heterocycles. The van der Waals surface area contributed by atoms with Crippen molar-refractivity contribution < 1.29 is 89.3 Å². The number of carbonyl (C=O) groups excluding carboxylic acids is 4. The van der Waals surface area contributed by atoms with Gasteiger partial charge in [-0.25, -0.2) is 13.7 Å². The molecule has 0 radical (unpaired) electrons. The Balaban J connectivity index is 0.901. The molecule has 3 fully saturated rings. The number of unbranched alkanes of at least 4 members (excludes halogenated alkanes) is 1. The highest BCUT2D eigenvalue weighted by Crippen LogP contribution is 2.66. The van der Waals surface area contributed by atoms with Gasteiger partial charge in [-0.05, 0) is 42.1 Å². The third-order valence-electron chi connectivity index (χ3n) is 11.8. The number of thioether (sulfide) groups is 1. The molecular weight excluding hydrogens is 1130 g/mol. The molecule has 0 bridgehead atoms. The zero-order chi connectivity index (χ0) is 57.2. The molecule has 10 N–H and O–H groups in total. The van der Waals surface area contributed by atoms with Crippen molar-refractivity contribution in [1.82, 2.24) is 30.5 Å². The Bertz CT molecular complexity index is 3050. The minimum atomic E-state index is -5.84. The molecule has 3 aromatic rings. The summed E-state index contributed by atoms with van der Waals surface area (Å²) in [5.41, 5.74) is 23.3. The molecule has 6 rings (SSSR count). The molecule has 4 unspecified atom stereocenters. The lowest BCUT2D eigenvalue weighted by Gasteiger charge is -2.21. The number of hydrogen-bond acceptors (Lipinski definition) is 21. The summed E-state index contributed by atoms with van der Waals surface area (Å²) >= 11 is 1.89. The number of phosphoric acid groups is 3. The summed E-state index contributed by atoms with van der Waals surface area (Å²) in [6.07, 6.45) is 0.0557. The molecule has 2 aromatic heterocycles. The smallest absolute Gasteiger partial charge is 0.490 e. The molecule has 9 atom stereocenters. The van der Waals surface area contributed by atoms with Crippen LogP contribution in [0.15, 0.2) is 45.5 Å². The average Bonchev–Trinajstić information content (AvgIpc) is 4.30. The van der Waals surface area contributed by atoms with Gasteiger partial charge in [0.25, 0.3) is 11.5 Å². The maximum atomic E-state index is 13.1. The van der Waals surface area contributed by atoms with Gasteiger partial charge in [0.15, 0.2) is 17.7 Å². The number of fused-ring (bicyclic) bond motifs is 2. The number of ketones is 1. The molecule has 0 aliphatic carbocycles. The number of ether oxygens (including phenoxy) is 5. The highest BCUT2D eigenvalue weighted by molar-refractivity contribution is 8.00. The average molecular weight is 1190 g/mol. The summed E-state index contributed by atoms with van der Waals surface area (Å²) in [6.45, 7) is -1.79. The first-order chi connectivity index (χ1) is 37.6. The molecular formula is C42H56N13O20P3S.